The Labute approximate surface area is 192 Å². The first kappa shape index (κ1) is 24.5. The van der Waals surface area contributed by atoms with E-state index in [4.69, 9.17) is 9.47 Å². The number of hydrogen-bond donors (Lipinski definition) is 0. The summed E-state index contributed by atoms with van der Waals surface area (Å²) < 4.78 is 11.5. The Morgan fingerprint density at radius 2 is 1.72 bits per heavy atom. The van der Waals surface area contributed by atoms with Crippen molar-refractivity contribution in [2.24, 2.45) is 0 Å². The van der Waals surface area contributed by atoms with E-state index in [1.807, 2.05) is 56.0 Å². The third-order valence-corrected chi connectivity index (χ3v) is 5.95. The number of likely N-dealkylation sites (tertiary alicyclic amines) is 1. The zero-order valence-corrected chi connectivity index (χ0v) is 19.9. The van der Waals surface area contributed by atoms with Gasteiger partial charge in [0.2, 0.25) is 5.91 Å². The number of amides is 2. The number of piperidine rings is 1. The summed E-state index contributed by atoms with van der Waals surface area (Å²) in [6, 6.07) is 9.20. The lowest BCUT2D eigenvalue weighted by molar-refractivity contribution is -0.144. The smallest absolute Gasteiger partial charge is 0.411 e. The molecular formula is C25H39N3O4. The summed E-state index contributed by atoms with van der Waals surface area (Å²) in [6.45, 7) is 11.1. The first-order valence-corrected chi connectivity index (χ1v) is 12.0. The Morgan fingerprint density at radius 1 is 1.00 bits per heavy atom. The first-order valence-electron chi connectivity index (χ1n) is 12.0. The average Bonchev–Trinajstić information content (AvgIpc) is 2.76. The number of carbonyl (C=O) groups is 2. The van der Waals surface area contributed by atoms with Crippen molar-refractivity contribution in [2.75, 3.05) is 45.9 Å². The third-order valence-electron chi connectivity index (χ3n) is 5.95. The maximum Gasteiger partial charge on any atom is 0.411 e. The molecule has 2 heterocycles. The minimum atomic E-state index is -0.655. The van der Waals surface area contributed by atoms with Crippen LogP contribution in [0.15, 0.2) is 30.3 Å². The molecule has 3 rings (SSSR count). The van der Waals surface area contributed by atoms with Gasteiger partial charge in [-0.15, -0.1) is 0 Å². The average molecular weight is 446 g/mol. The van der Waals surface area contributed by atoms with E-state index < -0.39 is 17.7 Å². The number of nitrogens with zero attached hydrogens (tertiary/aromatic N) is 3. The van der Waals surface area contributed by atoms with Gasteiger partial charge >= 0.3 is 6.09 Å². The normalized spacial score (nSPS) is 20.5. The molecule has 2 aliphatic rings. The second-order valence-corrected chi connectivity index (χ2v) is 9.77. The largest absolute Gasteiger partial charge is 0.444 e. The van der Waals surface area contributed by atoms with Crippen LogP contribution in [0.25, 0.3) is 0 Å². The maximum atomic E-state index is 13.3. The molecule has 0 radical (unpaired) electrons. The van der Waals surface area contributed by atoms with Gasteiger partial charge in [-0.2, -0.15) is 0 Å². The van der Waals surface area contributed by atoms with Gasteiger partial charge in [-0.3, -0.25) is 9.69 Å². The summed E-state index contributed by atoms with van der Waals surface area (Å²) in [5.41, 5.74) is 0.430. The molecule has 2 fully saturated rings. The van der Waals surface area contributed by atoms with Crippen molar-refractivity contribution < 1.29 is 19.1 Å². The summed E-state index contributed by atoms with van der Waals surface area (Å²) in [4.78, 5) is 32.0. The predicted octanol–water partition coefficient (Wildman–Crippen LogP) is 3.53. The van der Waals surface area contributed by atoms with E-state index in [0.717, 1.165) is 31.6 Å². The molecule has 0 aromatic heterocycles. The number of benzene rings is 1. The molecule has 0 N–H and O–H groups in total. The maximum absolute atomic E-state index is 13.3. The van der Waals surface area contributed by atoms with E-state index in [1.165, 1.54) is 19.3 Å². The van der Waals surface area contributed by atoms with Gasteiger partial charge in [0.1, 0.15) is 11.6 Å². The summed E-state index contributed by atoms with van der Waals surface area (Å²) in [5, 5.41) is 0. The molecule has 32 heavy (non-hydrogen) atoms. The molecule has 7 heteroatoms. The lowest BCUT2D eigenvalue weighted by Crippen LogP contribution is -2.61. The van der Waals surface area contributed by atoms with Crippen molar-refractivity contribution in [3.05, 3.63) is 35.9 Å². The Morgan fingerprint density at radius 3 is 2.41 bits per heavy atom. The van der Waals surface area contributed by atoms with Crippen LogP contribution < -0.4 is 0 Å². The molecule has 2 amide bonds. The Kier molecular flexibility index (Phi) is 8.93. The quantitative estimate of drug-likeness (QED) is 0.613. The monoisotopic (exact) mass is 445 g/mol. The number of ether oxygens (including phenoxy) is 2. The summed E-state index contributed by atoms with van der Waals surface area (Å²) in [7, 11) is 0. The molecular weight excluding hydrogens is 406 g/mol. The molecule has 1 unspecified atom stereocenters. The van der Waals surface area contributed by atoms with Crippen LogP contribution in [-0.2, 0) is 20.9 Å². The SMILES string of the molecule is CC(C)(C)OC(=O)N1CCN(CCCN2CCCCC2)C(=O)C1COCc1ccccc1. The van der Waals surface area contributed by atoms with Gasteiger partial charge in [-0.25, -0.2) is 4.79 Å². The van der Waals surface area contributed by atoms with Crippen molar-refractivity contribution in [1.29, 1.82) is 0 Å². The van der Waals surface area contributed by atoms with Crippen LogP contribution in [0.4, 0.5) is 4.79 Å². The highest BCUT2D eigenvalue weighted by molar-refractivity contribution is 5.87. The minimum absolute atomic E-state index is 0.0474. The fraction of sp³-hybridized carbons (Fsp3) is 0.680. The van der Waals surface area contributed by atoms with E-state index in [-0.39, 0.29) is 12.5 Å². The van der Waals surface area contributed by atoms with Gasteiger partial charge in [0.15, 0.2) is 0 Å². The van der Waals surface area contributed by atoms with Crippen LogP contribution in [0, 0.1) is 0 Å². The predicted molar refractivity (Wildman–Crippen MR) is 124 cm³/mol. The van der Waals surface area contributed by atoms with Crippen LogP contribution >= 0.6 is 0 Å². The van der Waals surface area contributed by atoms with Gasteiger partial charge < -0.3 is 19.3 Å². The van der Waals surface area contributed by atoms with Crippen molar-refractivity contribution in [2.45, 2.75) is 64.7 Å². The fourth-order valence-corrected chi connectivity index (χ4v) is 4.29. The molecule has 1 aromatic rings. The molecule has 1 atom stereocenters. The lowest BCUT2D eigenvalue weighted by atomic mass is 10.1. The molecule has 0 bridgehead atoms. The van der Waals surface area contributed by atoms with Crippen LogP contribution in [0.2, 0.25) is 0 Å². The molecule has 1 aromatic carbocycles. The van der Waals surface area contributed by atoms with Crippen molar-refractivity contribution in [1.82, 2.24) is 14.7 Å². The molecule has 2 saturated heterocycles. The van der Waals surface area contributed by atoms with Crippen LogP contribution in [0.3, 0.4) is 0 Å². The van der Waals surface area contributed by atoms with E-state index in [9.17, 15) is 9.59 Å². The van der Waals surface area contributed by atoms with Crippen LogP contribution in [-0.4, -0.2) is 84.2 Å². The number of piperazine rings is 1. The van der Waals surface area contributed by atoms with E-state index >= 15 is 0 Å². The van der Waals surface area contributed by atoms with E-state index in [0.29, 0.717) is 26.2 Å². The highest BCUT2D eigenvalue weighted by Crippen LogP contribution is 2.18. The van der Waals surface area contributed by atoms with Crippen LogP contribution in [0.5, 0.6) is 0 Å². The molecule has 0 saturated carbocycles. The Bertz CT molecular complexity index is 728. The number of rotatable bonds is 8. The molecule has 7 nitrogen and oxygen atoms in total. The molecule has 0 aliphatic carbocycles. The molecule has 2 aliphatic heterocycles. The minimum Gasteiger partial charge on any atom is -0.444 e. The fourth-order valence-electron chi connectivity index (χ4n) is 4.29. The Balaban J connectivity index is 1.58. The van der Waals surface area contributed by atoms with Crippen LogP contribution in [0.1, 0.15) is 52.0 Å². The van der Waals surface area contributed by atoms with E-state index in [1.54, 1.807) is 4.90 Å². The summed E-state index contributed by atoms with van der Waals surface area (Å²) in [5.74, 6) is -0.0474. The third kappa shape index (κ3) is 7.48. The zero-order valence-electron chi connectivity index (χ0n) is 19.9. The standard InChI is InChI=1S/C25H39N3O4/c1-25(2,3)32-24(30)28-18-17-27(16-10-15-26-13-8-5-9-14-26)23(29)22(28)20-31-19-21-11-6-4-7-12-21/h4,6-7,11-12,22H,5,8-10,13-20H2,1-3H3. The highest BCUT2D eigenvalue weighted by atomic mass is 16.6. The second kappa shape index (κ2) is 11.7. The van der Waals surface area contributed by atoms with Crippen molar-refractivity contribution >= 4 is 12.0 Å². The Hall–Kier alpha value is -2.12. The summed E-state index contributed by atoms with van der Waals surface area (Å²) in [6.07, 6.45) is 4.37. The van der Waals surface area contributed by atoms with Gasteiger partial charge in [0, 0.05) is 19.6 Å². The molecule has 0 spiro atoms. The topological polar surface area (TPSA) is 62.3 Å². The first-order chi connectivity index (χ1) is 15.3. The van der Waals surface area contributed by atoms with Crippen molar-refractivity contribution in [3.63, 3.8) is 0 Å². The van der Waals surface area contributed by atoms with Gasteiger partial charge in [-0.05, 0) is 65.2 Å². The molecule has 178 valence electrons. The van der Waals surface area contributed by atoms with E-state index in [2.05, 4.69) is 4.90 Å². The number of hydrogen-bond acceptors (Lipinski definition) is 5. The summed E-state index contributed by atoms with van der Waals surface area (Å²) >= 11 is 0. The van der Waals surface area contributed by atoms with Crippen molar-refractivity contribution in [3.8, 4) is 0 Å². The van der Waals surface area contributed by atoms with Gasteiger partial charge in [0.25, 0.3) is 0 Å². The van der Waals surface area contributed by atoms with Gasteiger partial charge in [0.05, 0.1) is 13.2 Å². The number of carbonyl (C=O) groups excluding carboxylic acids is 2. The van der Waals surface area contributed by atoms with Gasteiger partial charge in [-0.1, -0.05) is 36.8 Å². The zero-order chi connectivity index (χ0) is 23.0. The highest BCUT2D eigenvalue weighted by Gasteiger charge is 2.39. The second-order valence-electron chi connectivity index (χ2n) is 9.77. The lowest BCUT2D eigenvalue weighted by Gasteiger charge is -2.41.